The lowest BCUT2D eigenvalue weighted by molar-refractivity contribution is -0.146. The van der Waals surface area contributed by atoms with Crippen LogP contribution in [0.3, 0.4) is 0 Å². The number of carboxylic acid groups (broad SMARTS) is 1. The molecule has 1 aromatic rings. The summed E-state index contributed by atoms with van der Waals surface area (Å²) in [5.41, 5.74) is 0.403. The maximum Gasteiger partial charge on any atom is 0.315 e. The van der Waals surface area contributed by atoms with Crippen LogP contribution in [0.15, 0.2) is 18.3 Å². The van der Waals surface area contributed by atoms with Gasteiger partial charge in [-0.2, -0.15) is 5.10 Å². The van der Waals surface area contributed by atoms with E-state index < -0.39 is 11.4 Å². The Balaban J connectivity index is 2.11. The minimum Gasteiger partial charge on any atom is -0.481 e. The first-order valence-corrected chi connectivity index (χ1v) is 6.32. The maximum atomic E-state index is 11.8. The van der Waals surface area contributed by atoms with Crippen LogP contribution in [0.2, 0.25) is 0 Å². The third-order valence-electron chi connectivity index (χ3n) is 3.91. The lowest BCUT2D eigenvalue weighted by Gasteiger charge is -2.30. The quantitative estimate of drug-likeness (QED) is 0.796. The zero-order valence-corrected chi connectivity index (χ0v) is 10.4. The molecule has 1 aliphatic heterocycles. The first kappa shape index (κ1) is 12.1. The van der Waals surface area contributed by atoms with E-state index >= 15 is 0 Å². The van der Waals surface area contributed by atoms with E-state index in [4.69, 9.17) is 0 Å². The van der Waals surface area contributed by atoms with Crippen LogP contribution in [0, 0.1) is 0 Å². The molecule has 6 nitrogen and oxygen atoms in total. The predicted octanol–water partition coefficient (Wildman–Crippen LogP) is 0.228. The third kappa shape index (κ3) is 1.79. The Hall–Kier alpha value is -1.95. The zero-order chi connectivity index (χ0) is 13.5. The van der Waals surface area contributed by atoms with Gasteiger partial charge in [0.05, 0.1) is 18.4 Å². The number of nitrogens with one attached hydrogen (secondary N) is 1. The highest BCUT2D eigenvalue weighted by atomic mass is 16.4. The van der Waals surface area contributed by atoms with Crippen molar-refractivity contribution in [3.63, 3.8) is 0 Å². The molecule has 2 heterocycles. The lowest BCUT2D eigenvalue weighted by atomic mass is 9.71. The van der Waals surface area contributed by atoms with E-state index in [0.717, 1.165) is 18.8 Å². The van der Waals surface area contributed by atoms with E-state index in [2.05, 4.69) is 10.4 Å². The molecule has 0 fully saturated rings. The lowest BCUT2D eigenvalue weighted by Crippen LogP contribution is -2.41. The van der Waals surface area contributed by atoms with Crippen LogP contribution in [0.4, 0.5) is 0 Å². The predicted molar refractivity (Wildman–Crippen MR) is 66.6 cm³/mol. The summed E-state index contributed by atoms with van der Waals surface area (Å²) >= 11 is 0. The van der Waals surface area contributed by atoms with Crippen molar-refractivity contribution in [3.8, 4) is 0 Å². The van der Waals surface area contributed by atoms with Crippen LogP contribution >= 0.6 is 0 Å². The van der Waals surface area contributed by atoms with E-state index in [1.165, 1.54) is 6.08 Å². The molecule has 100 valence electrons. The number of rotatable bonds is 2. The molecule has 0 amide bonds. The number of nitrogens with zero attached hydrogens (tertiary/aromatic N) is 2. The SMILES string of the molecule is O=C1C=CCC(C(=O)O)(c2cnn3c2CNCC3)C1. The van der Waals surface area contributed by atoms with Gasteiger partial charge in [0, 0.05) is 25.1 Å². The molecule has 1 unspecified atom stereocenters. The average molecular weight is 261 g/mol. The third-order valence-corrected chi connectivity index (χ3v) is 3.91. The summed E-state index contributed by atoms with van der Waals surface area (Å²) < 4.78 is 1.83. The van der Waals surface area contributed by atoms with Gasteiger partial charge in [-0.15, -0.1) is 0 Å². The Morgan fingerprint density at radius 3 is 3.11 bits per heavy atom. The highest BCUT2D eigenvalue weighted by Gasteiger charge is 2.45. The molecular formula is C13H15N3O3. The van der Waals surface area contributed by atoms with Crippen LogP contribution in [0.5, 0.6) is 0 Å². The van der Waals surface area contributed by atoms with Gasteiger partial charge in [-0.1, -0.05) is 6.08 Å². The number of aliphatic carboxylic acids is 1. The Bertz CT molecular complexity index is 576. The first-order valence-electron chi connectivity index (χ1n) is 6.32. The van der Waals surface area contributed by atoms with Crippen molar-refractivity contribution in [1.29, 1.82) is 0 Å². The van der Waals surface area contributed by atoms with Gasteiger partial charge in [0.15, 0.2) is 5.78 Å². The van der Waals surface area contributed by atoms with Crippen molar-refractivity contribution in [2.24, 2.45) is 0 Å². The molecule has 0 bridgehead atoms. The summed E-state index contributed by atoms with van der Waals surface area (Å²) in [5, 5.41) is 17.1. The van der Waals surface area contributed by atoms with Gasteiger partial charge in [-0.3, -0.25) is 14.3 Å². The number of ketones is 1. The van der Waals surface area contributed by atoms with Crippen LogP contribution in [-0.2, 0) is 28.1 Å². The second-order valence-corrected chi connectivity index (χ2v) is 5.04. The standard InChI is InChI=1S/C13H15N3O3/c17-9-2-1-3-13(6-9,12(18)19)10-7-15-16-5-4-14-8-11(10)16/h1-2,7,14H,3-6,8H2,(H,18,19). The summed E-state index contributed by atoms with van der Waals surface area (Å²) in [6.07, 6.45) is 5.09. The molecule has 0 aromatic carbocycles. The molecular weight excluding hydrogens is 246 g/mol. The van der Waals surface area contributed by atoms with Crippen molar-refractivity contribution in [2.75, 3.05) is 6.54 Å². The minimum absolute atomic E-state index is 0.0114. The van der Waals surface area contributed by atoms with E-state index in [9.17, 15) is 14.7 Å². The topological polar surface area (TPSA) is 84.2 Å². The van der Waals surface area contributed by atoms with Crippen LogP contribution in [0.1, 0.15) is 24.1 Å². The number of carboxylic acids is 1. The average Bonchev–Trinajstić information content (AvgIpc) is 2.82. The monoisotopic (exact) mass is 261 g/mol. The Morgan fingerprint density at radius 2 is 2.37 bits per heavy atom. The van der Waals surface area contributed by atoms with Gasteiger partial charge in [-0.25, -0.2) is 0 Å². The first-order chi connectivity index (χ1) is 9.13. The summed E-state index contributed by atoms with van der Waals surface area (Å²) in [5.74, 6) is -1.09. The summed E-state index contributed by atoms with van der Waals surface area (Å²) in [7, 11) is 0. The molecule has 0 saturated carbocycles. The fourth-order valence-corrected chi connectivity index (χ4v) is 2.88. The van der Waals surface area contributed by atoms with Gasteiger partial charge in [0.1, 0.15) is 5.41 Å². The minimum atomic E-state index is -1.15. The van der Waals surface area contributed by atoms with Crippen molar-refractivity contribution in [3.05, 3.63) is 29.6 Å². The maximum absolute atomic E-state index is 11.8. The second-order valence-electron chi connectivity index (χ2n) is 5.04. The van der Waals surface area contributed by atoms with Gasteiger partial charge in [-0.05, 0) is 12.5 Å². The molecule has 2 aliphatic rings. The van der Waals surface area contributed by atoms with Crippen LogP contribution in [0.25, 0.3) is 0 Å². The van der Waals surface area contributed by atoms with Crippen LogP contribution < -0.4 is 5.32 Å². The highest BCUT2D eigenvalue weighted by molar-refractivity contribution is 5.98. The molecule has 0 spiro atoms. The number of allylic oxidation sites excluding steroid dienone is 2. The molecule has 1 atom stereocenters. The van der Waals surface area contributed by atoms with Gasteiger partial charge < -0.3 is 10.4 Å². The second kappa shape index (κ2) is 4.31. The summed E-state index contributed by atoms with van der Waals surface area (Å²) in [6.45, 7) is 2.16. The van der Waals surface area contributed by atoms with Gasteiger partial charge in [0.25, 0.3) is 0 Å². The Kier molecular flexibility index (Phi) is 2.74. The molecule has 19 heavy (non-hydrogen) atoms. The number of hydrogen-bond acceptors (Lipinski definition) is 4. The Morgan fingerprint density at radius 1 is 1.53 bits per heavy atom. The molecule has 1 aliphatic carbocycles. The number of hydrogen-bond donors (Lipinski definition) is 2. The fourth-order valence-electron chi connectivity index (χ4n) is 2.88. The molecule has 0 radical (unpaired) electrons. The Labute approximate surface area is 110 Å². The van der Waals surface area contributed by atoms with Crippen molar-refractivity contribution >= 4 is 11.8 Å². The summed E-state index contributed by atoms with van der Waals surface area (Å²) in [6, 6.07) is 0. The summed E-state index contributed by atoms with van der Waals surface area (Å²) in [4.78, 5) is 23.4. The normalized spacial score (nSPS) is 26.2. The molecule has 0 saturated heterocycles. The van der Waals surface area contributed by atoms with E-state index in [1.807, 2.05) is 4.68 Å². The van der Waals surface area contributed by atoms with E-state index in [1.54, 1.807) is 12.3 Å². The zero-order valence-electron chi connectivity index (χ0n) is 10.4. The molecule has 2 N–H and O–H groups in total. The highest BCUT2D eigenvalue weighted by Crippen LogP contribution is 2.38. The largest absolute Gasteiger partial charge is 0.481 e. The van der Waals surface area contributed by atoms with Crippen molar-refractivity contribution < 1.29 is 14.7 Å². The van der Waals surface area contributed by atoms with Gasteiger partial charge in [0.2, 0.25) is 0 Å². The van der Waals surface area contributed by atoms with Crippen LogP contribution in [-0.4, -0.2) is 33.2 Å². The van der Waals surface area contributed by atoms with Crippen molar-refractivity contribution in [2.45, 2.75) is 31.3 Å². The number of carbonyl (C=O) groups excluding carboxylic acids is 1. The number of aromatic nitrogens is 2. The van der Waals surface area contributed by atoms with Gasteiger partial charge >= 0.3 is 5.97 Å². The molecule has 1 aromatic heterocycles. The van der Waals surface area contributed by atoms with E-state index in [-0.39, 0.29) is 12.2 Å². The molecule has 6 heteroatoms. The number of carbonyl (C=O) groups is 2. The smallest absolute Gasteiger partial charge is 0.315 e. The fraction of sp³-hybridized carbons (Fsp3) is 0.462. The molecule has 3 rings (SSSR count). The number of fused-ring (bicyclic) bond motifs is 1. The van der Waals surface area contributed by atoms with E-state index in [0.29, 0.717) is 18.5 Å². The van der Waals surface area contributed by atoms with Crippen molar-refractivity contribution in [1.82, 2.24) is 15.1 Å².